The molecule has 1 saturated heterocycles. The first-order chi connectivity index (χ1) is 8.52. The van der Waals surface area contributed by atoms with Gasteiger partial charge < -0.3 is 15.0 Å². The molecule has 1 N–H and O–H groups in total. The summed E-state index contributed by atoms with van der Waals surface area (Å²) < 4.78 is 5.09. The predicted octanol–water partition coefficient (Wildman–Crippen LogP) is 1.65. The molecule has 0 spiro atoms. The third-order valence-corrected chi connectivity index (χ3v) is 3.74. The van der Waals surface area contributed by atoms with Crippen molar-refractivity contribution in [3.63, 3.8) is 0 Å². The highest BCUT2D eigenvalue weighted by Gasteiger charge is 2.22. The summed E-state index contributed by atoms with van der Waals surface area (Å²) in [5, 5.41) is 3.03. The summed E-state index contributed by atoms with van der Waals surface area (Å²) in [6.07, 6.45) is 2.93. The van der Waals surface area contributed by atoms with Crippen molar-refractivity contribution < 1.29 is 9.53 Å². The molecule has 0 aromatic carbocycles. The molecule has 0 unspecified atom stereocenters. The van der Waals surface area contributed by atoms with Gasteiger partial charge in [-0.2, -0.15) is 0 Å². The number of likely N-dealkylation sites (tertiary alicyclic amines) is 1. The predicted molar refractivity (Wildman–Crippen MR) is 73.5 cm³/mol. The van der Waals surface area contributed by atoms with Gasteiger partial charge in [0.05, 0.1) is 12.5 Å². The van der Waals surface area contributed by atoms with Crippen molar-refractivity contribution in [1.82, 2.24) is 10.2 Å². The summed E-state index contributed by atoms with van der Waals surface area (Å²) in [5.41, 5.74) is 0. The first-order valence-corrected chi connectivity index (χ1v) is 7.06. The third-order valence-electron chi connectivity index (χ3n) is 3.74. The second-order valence-electron chi connectivity index (χ2n) is 5.65. The third kappa shape index (κ3) is 5.36. The Morgan fingerprint density at radius 3 is 2.78 bits per heavy atom. The lowest BCUT2D eigenvalue weighted by atomic mass is 9.97. The van der Waals surface area contributed by atoms with E-state index in [9.17, 15) is 4.79 Å². The van der Waals surface area contributed by atoms with E-state index in [-0.39, 0.29) is 12.0 Å². The lowest BCUT2D eigenvalue weighted by Gasteiger charge is -2.35. The summed E-state index contributed by atoms with van der Waals surface area (Å²) in [6, 6.07) is 0.608. The van der Waals surface area contributed by atoms with Crippen molar-refractivity contribution in [2.75, 3.05) is 26.7 Å². The monoisotopic (exact) mass is 256 g/mol. The van der Waals surface area contributed by atoms with Gasteiger partial charge in [0.2, 0.25) is 5.91 Å². The van der Waals surface area contributed by atoms with Gasteiger partial charge >= 0.3 is 0 Å². The minimum absolute atomic E-state index is 0.00326. The number of nitrogens with one attached hydrogen (secondary N) is 1. The molecular weight excluding hydrogens is 228 g/mol. The number of piperidine rings is 1. The number of hydrogen-bond donors (Lipinski definition) is 1. The van der Waals surface area contributed by atoms with E-state index in [4.69, 9.17) is 4.74 Å². The van der Waals surface area contributed by atoms with E-state index in [1.54, 1.807) is 7.11 Å². The molecule has 1 amide bonds. The number of rotatable bonds is 6. The van der Waals surface area contributed by atoms with Crippen molar-refractivity contribution in [2.24, 2.45) is 5.92 Å². The van der Waals surface area contributed by atoms with Gasteiger partial charge in [-0.3, -0.25) is 4.79 Å². The standard InChI is InChI=1S/C14H28N2O2/c1-11(2)16-7-5-6-13(10-16)9-15-14(17)8-12(3)18-4/h11-13H,5-10H2,1-4H3,(H,15,17)/t12-,13+/m0/s1. The van der Waals surface area contributed by atoms with Gasteiger partial charge in [0.25, 0.3) is 0 Å². The van der Waals surface area contributed by atoms with Crippen LogP contribution in [-0.4, -0.2) is 49.7 Å². The zero-order valence-electron chi connectivity index (χ0n) is 12.2. The molecule has 0 bridgehead atoms. The Balaban J connectivity index is 2.24. The Morgan fingerprint density at radius 2 is 2.17 bits per heavy atom. The van der Waals surface area contributed by atoms with E-state index in [2.05, 4.69) is 24.1 Å². The summed E-state index contributed by atoms with van der Waals surface area (Å²) in [5.74, 6) is 0.703. The highest BCUT2D eigenvalue weighted by Crippen LogP contribution is 2.17. The highest BCUT2D eigenvalue weighted by molar-refractivity contribution is 5.76. The second kappa shape index (κ2) is 7.74. The number of ether oxygens (including phenoxy) is 1. The fourth-order valence-corrected chi connectivity index (χ4v) is 2.41. The summed E-state index contributed by atoms with van der Waals surface area (Å²) >= 11 is 0. The van der Waals surface area contributed by atoms with E-state index in [1.165, 1.54) is 19.4 Å². The second-order valence-corrected chi connectivity index (χ2v) is 5.65. The van der Waals surface area contributed by atoms with Gasteiger partial charge in [-0.25, -0.2) is 0 Å². The van der Waals surface area contributed by atoms with Crippen molar-refractivity contribution >= 4 is 5.91 Å². The van der Waals surface area contributed by atoms with Crippen LogP contribution in [0, 0.1) is 5.92 Å². The van der Waals surface area contributed by atoms with Crippen LogP contribution in [0.4, 0.5) is 0 Å². The molecule has 2 atom stereocenters. The van der Waals surface area contributed by atoms with Crippen LogP contribution in [-0.2, 0) is 9.53 Å². The molecule has 0 saturated carbocycles. The molecular formula is C14H28N2O2. The average molecular weight is 256 g/mol. The minimum Gasteiger partial charge on any atom is -0.381 e. The number of carbonyl (C=O) groups is 1. The Labute approximate surface area is 111 Å². The smallest absolute Gasteiger partial charge is 0.222 e. The fraction of sp³-hybridized carbons (Fsp3) is 0.929. The largest absolute Gasteiger partial charge is 0.381 e. The quantitative estimate of drug-likeness (QED) is 0.785. The number of methoxy groups -OCH3 is 1. The lowest BCUT2D eigenvalue weighted by Crippen LogP contribution is -2.44. The Morgan fingerprint density at radius 1 is 1.44 bits per heavy atom. The van der Waals surface area contributed by atoms with Gasteiger partial charge in [0.1, 0.15) is 0 Å². The first kappa shape index (κ1) is 15.4. The molecule has 1 heterocycles. The summed E-state index contributed by atoms with van der Waals surface area (Å²) in [4.78, 5) is 14.2. The van der Waals surface area contributed by atoms with Crippen LogP contribution in [0.1, 0.15) is 40.0 Å². The van der Waals surface area contributed by atoms with Gasteiger partial charge in [-0.1, -0.05) is 0 Å². The van der Waals surface area contributed by atoms with E-state index in [1.807, 2.05) is 6.92 Å². The zero-order valence-corrected chi connectivity index (χ0v) is 12.2. The first-order valence-electron chi connectivity index (χ1n) is 7.06. The van der Waals surface area contributed by atoms with Gasteiger partial charge in [0.15, 0.2) is 0 Å². The van der Waals surface area contributed by atoms with E-state index >= 15 is 0 Å². The maximum Gasteiger partial charge on any atom is 0.222 e. The molecule has 1 aliphatic rings. The number of carbonyl (C=O) groups excluding carboxylic acids is 1. The van der Waals surface area contributed by atoms with Crippen LogP contribution in [0.3, 0.4) is 0 Å². The Kier molecular flexibility index (Phi) is 6.65. The molecule has 0 aliphatic carbocycles. The molecule has 0 aromatic heterocycles. The maximum absolute atomic E-state index is 11.7. The van der Waals surface area contributed by atoms with E-state index in [0.29, 0.717) is 18.4 Å². The van der Waals surface area contributed by atoms with Crippen molar-refractivity contribution in [3.8, 4) is 0 Å². The Bertz CT molecular complexity index is 256. The fourth-order valence-electron chi connectivity index (χ4n) is 2.41. The molecule has 106 valence electrons. The minimum atomic E-state index is 0.00326. The van der Waals surface area contributed by atoms with E-state index in [0.717, 1.165) is 13.1 Å². The molecule has 0 aromatic rings. The molecule has 0 radical (unpaired) electrons. The van der Waals surface area contributed by atoms with Gasteiger partial charge in [0, 0.05) is 26.2 Å². The van der Waals surface area contributed by atoms with Crippen LogP contribution >= 0.6 is 0 Å². The van der Waals surface area contributed by atoms with Crippen LogP contribution < -0.4 is 5.32 Å². The molecule has 1 aliphatic heterocycles. The van der Waals surface area contributed by atoms with Gasteiger partial charge in [-0.05, 0) is 46.1 Å². The van der Waals surface area contributed by atoms with Crippen LogP contribution in [0.2, 0.25) is 0 Å². The van der Waals surface area contributed by atoms with E-state index < -0.39 is 0 Å². The number of nitrogens with zero attached hydrogens (tertiary/aromatic N) is 1. The highest BCUT2D eigenvalue weighted by atomic mass is 16.5. The van der Waals surface area contributed by atoms with Crippen molar-refractivity contribution in [2.45, 2.75) is 52.2 Å². The number of amides is 1. The topological polar surface area (TPSA) is 41.6 Å². The Hall–Kier alpha value is -0.610. The SMILES string of the molecule is CO[C@@H](C)CC(=O)NC[C@H]1CCCN(C(C)C)C1. The molecule has 1 rings (SSSR count). The summed E-state index contributed by atoms with van der Waals surface area (Å²) in [7, 11) is 1.64. The van der Waals surface area contributed by atoms with Gasteiger partial charge in [-0.15, -0.1) is 0 Å². The van der Waals surface area contributed by atoms with Crippen LogP contribution in [0.25, 0.3) is 0 Å². The molecule has 4 nitrogen and oxygen atoms in total. The average Bonchev–Trinajstić information content (AvgIpc) is 2.36. The maximum atomic E-state index is 11.7. The summed E-state index contributed by atoms with van der Waals surface area (Å²) in [6.45, 7) is 9.50. The zero-order chi connectivity index (χ0) is 13.5. The molecule has 1 fully saturated rings. The van der Waals surface area contributed by atoms with Crippen LogP contribution in [0.5, 0.6) is 0 Å². The molecule has 4 heteroatoms. The van der Waals surface area contributed by atoms with Crippen LogP contribution in [0.15, 0.2) is 0 Å². The number of hydrogen-bond acceptors (Lipinski definition) is 3. The normalized spacial score (nSPS) is 23.1. The lowest BCUT2D eigenvalue weighted by molar-refractivity contribution is -0.123. The van der Waals surface area contributed by atoms with Crippen molar-refractivity contribution in [3.05, 3.63) is 0 Å². The molecule has 18 heavy (non-hydrogen) atoms. The van der Waals surface area contributed by atoms with Crippen molar-refractivity contribution in [1.29, 1.82) is 0 Å².